The molecule has 0 aromatic carbocycles. The number of nitrogens with zero attached hydrogens (tertiary/aromatic N) is 2. The molecule has 2 rings (SSSR count). The molecule has 0 spiro atoms. The number of halogens is 1. The van der Waals surface area contributed by atoms with Crippen LogP contribution in [0.2, 0.25) is 0 Å². The summed E-state index contributed by atoms with van der Waals surface area (Å²) in [6.45, 7) is 11.3. The second kappa shape index (κ2) is 12.4. The van der Waals surface area contributed by atoms with E-state index in [0.29, 0.717) is 5.41 Å². The summed E-state index contributed by atoms with van der Waals surface area (Å²) in [5, 5.41) is 7.03. The minimum Gasteiger partial charge on any atom is -0.385 e. The second-order valence-electron chi connectivity index (χ2n) is 8.51. The van der Waals surface area contributed by atoms with Crippen molar-refractivity contribution in [3.8, 4) is 0 Å². The number of methoxy groups -OCH3 is 1. The molecule has 0 amide bonds. The van der Waals surface area contributed by atoms with Crippen molar-refractivity contribution in [3.63, 3.8) is 0 Å². The first-order valence-electron chi connectivity index (χ1n) is 10.2. The molecule has 26 heavy (non-hydrogen) atoms. The Hall–Kier alpha value is -0.0800. The number of likely N-dealkylation sites (tertiary alicyclic amines) is 1. The minimum atomic E-state index is 0. The first kappa shape index (κ1) is 24.0. The molecule has 1 heterocycles. The van der Waals surface area contributed by atoms with Crippen molar-refractivity contribution in [2.45, 2.75) is 52.4 Å². The van der Waals surface area contributed by atoms with E-state index >= 15 is 0 Å². The van der Waals surface area contributed by atoms with Crippen LogP contribution in [0.15, 0.2) is 4.99 Å². The van der Waals surface area contributed by atoms with E-state index < -0.39 is 0 Å². The Balaban J connectivity index is 0.00000338. The van der Waals surface area contributed by atoms with Crippen LogP contribution < -0.4 is 10.6 Å². The number of ether oxygens (including phenoxy) is 1. The smallest absolute Gasteiger partial charge is 0.190 e. The Morgan fingerprint density at radius 1 is 1.19 bits per heavy atom. The fourth-order valence-electron chi connectivity index (χ4n) is 4.49. The van der Waals surface area contributed by atoms with Crippen molar-refractivity contribution in [3.05, 3.63) is 0 Å². The Kier molecular flexibility index (Phi) is 11.4. The highest BCUT2D eigenvalue weighted by molar-refractivity contribution is 14.0. The van der Waals surface area contributed by atoms with Crippen molar-refractivity contribution >= 4 is 29.9 Å². The van der Waals surface area contributed by atoms with E-state index in [1.165, 1.54) is 51.7 Å². The average molecular weight is 480 g/mol. The molecule has 2 aliphatic rings. The Morgan fingerprint density at radius 2 is 1.88 bits per heavy atom. The Morgan fingerprint density at radius 3 is 2.42 bits per heavy atom. The lowest BCUT2D eigenvalue weighted by Crippen LogP contribution is -2.47. The van der Waals surface area contributed by atoms with Crippen LogP contribution in [0.25, 0.3) is 0 Å². The molecular weight excluding hydrogens is 439 g/mol. The zero-order valence-electron chi connectivity index (χ0n) is 17.4. The van der Waals surface area contributed by atoms with E-state index in [4.69, 9.17) is 4.74 Å². The first-order chi connectivity index (χ1) is 12.1. The van der Waals surface area contributed by atoms with E-state index in [2.05, 4.69) is 34.4 Å². The maximum Gasteiger partial charge on any atom is 0.190 e. The molecule has 2 atom stereocenters. The third-order valence-electron chi connectivity index (χ3n) is 5.99. The minimum absolute atomic E-state index is 0. The molecule has 0 radical (unpaired) electrons. The quantitative estimate of drug-likeness (QED) is 0.230. The standard InChI is InChI=1S/C20H40N4O.HI/c1-17-13-18(2)15-24(14-17)11-6-10-22-19(21-3)23-16-20(7-5-8-20)9-12-25-4;/h17-18H,5-16H2,1-4H3,(H2,21,22,23);1H. The van der Waals surface area contributed by atoms with Gasteiger partial charge in [-0.3, -0.25) is 4.99 Å². The largest absolute Gasteiger partial charge is 0.385 e. The van der Waals surface area contributed by atoms with Crippen LogP contribution in [0.5, 0.6) is 0 Å². The summed E-state index contributed by atoms with van der Waals surface area (Å²) in [5.74, 6) is 2.64. The zero-order valence-corrected chi connectivity index (χ0v) is 19.7. The normalized spacial score (nSPS) is 25.9. The summed E-state index contributed by atoms with van der Waals surface area (Å²) in [4.78, 5) is 7.02. The SMILES string of the molecule is CN=C(NCCCN1CC(C)CC(C)C1)NCC1(CCOC)CCC1.I. The average Bonchev–Trinajstić information content (AvgIpc) is 2.54. The number of piperidine rings is 1. The molecule has 0 aromatic rings. The third-order valence-corrected chi connectivity index (χ3v) is 5.99. The Bertz CT molecular complexity index is 405. The van der Waals surface area contributed by atoms with Gasteiger partial charge in [-0.25, -0.2) is 0 Å². The number of rotatable bonds is 9. The summed E-state index contributed by atoms with van der Waals surface area (Å²) >= 11 is 0. The lowest BCUT2D eigenvalue weighted by atomic mass is 9.67. The van der Waals surface area contributed by atoms with Gasteiger partial charge in [-0.1, -0.05) is 20.3 Å². The van der Waals surface area contributed by atoms with Crippen LogP contribution in [0.4, 0.5) is 0 Å². The molecule has 0 aromatic heterocycles. The monoisotopic (exact) mass is 480 g/mol. The van der Waals surface area contributed by atoms with Gasteiger partial charge >= 0.3 is 0 Å². The van der Waals surface area contributed by atoms with Crippen LogP contribution >= 0.6 is 24.0 Å². The molecule has 0 bridgehead atoms. The topological polar surface area (TPSA) is 48.9 Å². The van der Waals surface area contributed by atoms with Gasteiger partial charge < -0.3 is 20.3 Å². The van der Waals surface area contributed by atoms with Gasteiger partial charge in [-0.05, 0) is 55.9 Å². The van der Waals surface area contributed by atoms with E-state index in [0.717, 1.165) is 43.9 Å². The van der Waals surface area contributed by atoms with Crippen LogP contribution in [0.1, 0.15) is 52.4 Å². The maximum atomic E-state index is 5.28. The second-order valence-corrected chi connectivity index (χ2v) is 8.51. The molecule has 2 fully saturated rings. The predicted molar refractivity (Wildman–Crippen MR) is 122 cm³/mol. The lowest BCUT2D eigenvalue weighted by molar-refractivity contribution is 0.0732. The molecule has 154 valence electrons. The van der Waals surface area contributed by atoms with Gasteiger partial charge in [-0.2, -0.15) is 0 Å². The highest BCUT2D eigenvalue weighted by atomic mass is 127. The highest BCUT2D eigenvalue weighted by Gasteiger charge is 2.36. The van der Waals surface area contributed by atoms with E-state index in [9.17, 15) is 0 Å². The molecule has 1 saturated carbocycles. The van der Waals surface area contributed by atoms with E-state index in [1.54, 1.807) is 7.11 Å². The molecule has 1 aliphatic carbocycles. The summed E-state index contributed by atoms with van der Waals surface area (Å²) in [6, 6.07) is 0. The maximum absolute atomic E-state index is 5.28. The number of guanidine groups is 1. The van der Waals surface area contributed by atoms with Gasteiger partial charge in [0.05, 0.1) is 0 Å². The summed E-state index contributed by atoms with van der Waals surface area (Å²) < 4.78 is 5.28. The van der Waals surface area contributed by atoms with Gasteiger partial charge in [0.1, 0.15) is 0 Å². The molecule has 2 N–H and O–H groups in total. The zero-order chi connectivity index (χ0) is 18.1. The van der Waals surface area contributed by atoms with Crippen molar-refractivity contribution in [2.24, 2.45) is 22.2 Å². The van der Waals surface area contributed by atoms with Crippen molar-refractivity contribution in [2.75, 3.05) is 53.5 Å². The fourth-order valence-corrected chi connectivity index (χ4v) is 4.49. The number of aliphatic imine (C=N–C) groups is 1. The Labute approximate surface area is 178 Å². The molecule has 6 heteroatoms. The fraction of sp³-hybridized carbons (Fsp3) is 0.950. The first-order valence-corrected chi connectivity index (χ1v) is 10.2. The summed E-state index contributed by atoms with van der Waals surface area (Å²) in [5.41, 5.74) is 0.424. The van der Waals surface area contributed by atoms with Gasteiger partial charge in [0.15, 0.2) is 5.96 Å². The van der Waals surface area contributed by atoms with Gasteiger partial charge in [0.25, 0.3) is 0 Å². The summed E-state index contributed by atoms with van der Waals surface area (Å²) in [6.07, 6.45) is 7.69. The summed E-state index contributed by atoms with van der Waals surface area (Å²) in [7, 11) is 3.66. The molecule has 1 saturated heterocycles. The van der Waals surface area contributed by atoms with Crippen LogP contribution in [0.3, 0.4) is 0 Å². The molecular formula is C20H41IN4O. The molecule has 1 aliphatic heterocycles. The van der Waals surface area contributed by atoms with Crippen LogP contribution in [-0.4, -0.2) is 64.3 Å². The van der Waals surface area contributed by atoms with Crippen molar-refractivity contribution in [1.82, 2.24) is 15.5 Å². The molecule has 2 unspecified atom stereocenters. The highest BCUT2D eigenvalue weighted by Crippen LogP contribution is 2.43. The van der Waals surface area contributed by atoms with Crippen LogP contribution in [-0.2, 0) is 4.74 Å². The number of hydrogen-bond acceptors (Lipinski definition) is 3. The van der Waals surface area contributed by atoms with Gasteiger partial charge in [-0.15, -0.1) is 24.0 Å². The van der Waals surface area contributed by atoms with E-state index in [1.807, 2.05) is 7.05 Å². The predicted octanol–water partition coefficient (Wildman–Crippen LogP) is 3.34. The lowest BCUT2D eigenvalue weighted by Gasteiger charge is -2.42. The van der Waals surface area contributed by atoms with Crippen molar-refractivity contribution < 1.29 is 4.74 Å². The molecule has 5 nitrogen and oxygen atoms in total. The number of nitrogens with one attached hydrogen (secondary N) is 2. The third kappa shape index (κ3) is 7.89. The number of hydrogen-bond donors (Lipinski definition) is 2. The van der Waals surface area contributed by atoms with Crippen LogP contribution in [0, 0.1) is 17.3 Å². The van der Waals surface area contributed by atoms with E-state index in [-0.39, 0.29) is 24.0 Å². The van der Waals surface area contributed by atoms with Gasteiger partial charge in [0.2, 0.25) is 0 Å². The van der Waals surface area contributed by atoms with Crippen molar-refractivity contribution in [1.29, 1.82) is 0 Å². The van der Waals surface area contributed by atoms with Gasteiger partial charge in [0, 0.05) is 46.9 Å².